The summed E-state index contributed by atoms with van der Waals surface area (Å²) in [5.74, 6) is 0. The molecule has 0 radical (unpaired) electrons. The first-order chi connectivity index (χ1) is 14.5. The Morgan fingerprint density at radius 2 is 1.90 bits per heavy atom. The molecule has 0 bridgehead atoms. The highest BCUT2D eigenvalue weighted by molar-refractivity contribution is 7.89. The number of sulfonamides is 1. The molecule has 5 rings (SSSR count). The second-order valence-electron chi connectivity index (χ2n) is 8.05. The van der Waals surface area contributed by atoms with Crippen LogP contribution in [0.4, 0.5) is 0 Å². The van der Waals surface area contributed by atoms with Crippen molar-refractivity contribution in [3.63, 3.8) is 0 Å². The number of benzene rings is 2. The molecular formula is C23H26N4O2S. The molecule has 0 saturated carbocycles. The van der Waals surface area contributed by atoms with Crippen LogP contribution in [0.3, 0.4) is 0 Å². The second kappa shape index (κ2) is 7.58. The number of para-hydroxylation sites is 1. The summed E-state index contributed by atoms with van der Waals surface area (Å²) in [5.41, 5.74) is 3.27. The third-order valence-corrected chi connectivity index (χ3v) is 7.59. The molecule has 4 aromatic rings. The molecule has 1 aliphatic heterocycles. The van der Waals surface area contributed by atoms with Crippen molar-refractivity contribution < 1.29 is 8.42 Å². The van der Waals surface area contributed by atoms with E-state index < -0.39 is 10.0 Å². The Kier molecular flexibility index (Phi) is 4.89. The van der Waals surface area contributed by atoms with Crippen molar-refractivity contribution in [3.8, 4) is 0 Å². The average Bonchev–Trinajstić information content (AvgIpc) is 3.49. The maximum Gasteiger partial charge on any atom is 0.240 e. The van der Waals surface area contributed by atoms with Crippen molar-refractivity contribution in [2.75, 3.05) is 19.6 Å². The highest BCUT2D eigenvalue weighted by Gasteiger charge is 2.28. The number of fused-ring (bicyclic) bond motifs is 2. The summed E-state index contributed by atoms with van der Waals surface area (Å²) in [4.78, 5) is 5.80. The largest absolute Gasteiger partial charge is 0.361 e. The number of aromatic amines is 1. The van der Waals surface area contributed by atoms with Gasteiger partial charge in [-0.05, 0) is 61.8 Å². The summed E-state index contributed by atoms with van der Waals surface area (Å²) in [6, 6.07) is 15.4. The van der Waals surface area contributed by atoms with E-state index in [0.717, 1.165) is 42.4 Å². The Balaban J connectivity index is 1.46. The van der Waals surface area contributed by atoms with Crippen molar-refractivity contribution in [2.45, 2.75) is 23.8 Å². The zero-order chi connectivity index (χ0) is 20.7. The van der Waals surface area contributed by atoms with E-state index >= 15 is 0 Å². The van der Waals surface area contributed by atoms with E-state index in [9.17, 15) is 8.42 Å². The number of nitrogens with one attached hydrogen (secondary N) is 2. The highest BCUT2D eigenvalue weighted by Crippen LogP contribution is 2.32. The Morgan fingerprint density at radius 3 is 2.73 bits per heavy atom. The van der Waals surface area contributed by atoms with Gasteiger partial charge in [0.15, 0.2) is 0 Å². The van der Waals surface area contributed by atoms with Gasteiger partial charge < -0.3 is 9.55 Å². The molecule has 1 unspecified atom stereocenters. The van der Waals surface area contributed by atoms with E-state index in [4.69, 9.17) is 0 Å². The lowest BCUT2D eigenvalue weighted by Crippen LogP contribution is -2.36. The standard InChI is InChI=1S/C23H26N4O2S/c1-26-16-20(19-6-2-3-7-22(19)26)23(27-12-4-5-13-27)15-25-30(28,29)18-8-9-21-17(14-18)10-11-24-21/h2-3,6-11,14,16,23-25H,4-5,12-13,15H2,1H3. The van der Waals surface area contributed by atoms with Gasteiger partial charge in [-0.2, -0.15) is 0 Å². The third kappa shape index (κ3) is 3.43. The van der Waals surface area contributed by atoms with Crippen molar-refractivity contribution in [3.05, 3.63) is 66.5 Å². The Bertz CT molecular complexity index is 1300. The molecule has 2 aromatic carbocycles. The number of H-pyrrole nitrogens is 1. The van der Waals surface area contributed by atoms with Crippen LogP contribution in [0, 0.1) is 0 Å². The predicted octanol–water partition coefficient (Wildman–Crippen LogP) is 3.78. The highest BCUT2D eigenvalue weighted by atomic mass is 32.2. The molecule has 0 aliphatic carbocycles. The molecule has 1 fully saturated rings. The number of hydrogen-bond acceptors (Lipinski definition) is 3. The molecule has 2 aromatic heterocycles. The molecule has 1 atom stereocenters. The molecule has 1 saturated heterocycles. The molecule has 156 valence electrons. The summed E-state index contributed by atoms with van der Waals surface area (Å²) in [6.45, 7) is 2.33. The van der Waals surface area contributed by atoms with E-state index in [-0.39, 0.29) is 6.04 Å². The van der Waals surface area contributed by atoms with Crippen LogP contribution in [0.1, 0.15) is 24.4 Å². The van der Waals surface area contributed by atoms with Crippen molar-refractivity contribution in [1.82, 2.24) is 19.2 Å². The summed E-state index contributed by atoms with van der Waals surface area (Å²) >= 11 is 0. The van der Waals surface area contributed by atoms with Crippen molar-refractivity contribution in [2.24, 2.45) is 7.05 Å². The SMILES string of the molecule is Cn1cc(C(CNS(=O)(=O)c2ccc3[nH]ccc3c2)N2CCCC2)c2ccccc21. The number of hydrogen-bond donors (Lipinski definition) is 2. The van der Waals surface area contributed by atoms with Gasteiger partial charge in [0.05, 0.1) is 10.9 Å². The smallest absolute Gasteiger partial charge is 0.240 e. The Morgan fingerprint density at radius 1 is 1.10 bits per heavy atom. The van der Waals surface area contributed by atoms with Gasteiger partial charge in [0, 0.05) is 47.8 Å². The van der Waals surface area contributed by atoms with Crippen LogP contribution in [0.5, 0.6) is 0 Å². The van der Waals surface area contributed by atoms with Gasteiger partial charge in [-0.3, -0.25) is 4.90 Å². The maximum atomic E-state index is 13.1. The van der Waals surface area contributed by atoms with E-state index in [1.165, 1.54) is 10.9 Å². The molecule has 0 spiro atoms. The quantitative estimate of drug-likeness (QED) is 0.497. The Labute approximate surface area is 176 Å². The van der Waals surface area contributed by atoms with Gasteiger partial charge in [0.2, 0.25) is 10.0 Å². The van der Waals surface area contributed by atoms with Crippen LogP contribution < -0.4 is 4.72 Å². The lowest BCUT2D eigenvalue weighted by Gasteiger charge is -2.27. The van der Waals surface area contributed by atoms with E-state index in [0.29, 0.717) is 11.4 Å². The van der Waals surface area contributed by atoms with Gasteiger partial charge in [-0.15, -0.1) is 0 Å². The minimum absolute atomic E-state index is 0.00404. The first kappa shape index (κ1) is 19.4. The number of aromatic nitrogens is 2. The van der Waals surface area contributed by atoms with Gasteiger partial charge >= 0.3 is 0 Å². The molecule has 3 heterocycles. The normalized spacial score (nSPS) is 16.6. The fourth-order valence-electron chi connectivity index (χ4n) is 4.60. The van der Waals surface area contributed by atoms with Crippen LogP contribution >= 0.6 is 0 Å². The second-order valence-corrected chi connectivity index (χ2v) is 9.82. The number of aryl methyl sites for hydroxylation is 1. The average molecular weight is 423 g/mol. The fourth-order valence-corrected chi connectivity index (χ4v) is 5.67. The van der Waals surface area contributed by atoms with Crippen molar-refractivity contribution >= 4 is 31.8 Å². The van der Waals surface area contributed by atoms with Crippen LogP contribution in [0.15, 0.2) is 65.8 Å². The van der Waals surface area contributed by atoms with Crippen LogP contribution in [0.25, 0.3) is 21.8 Å². The van der Waals surface area contributed by atoms with Crippen LogP contribution in [-0.2, 0) is 17.1 Å². The first-order valence-corrected chi connectivity index (χ1v) is 11.9. The molecule has 2 N–H and O–H groups in total. The number of likely N-dealkylation sites (tertiary alicyclic amines) is 1. The zero-order valence-electron chi connectivity index (χ0n) is 17.0. The van der Waals surface area contributed by atoms with Crippen LogP contribution in [-0.4, -0.2) is 42.5 Å². The minimum Gasteiger partial charge on any atom is -0.361 e. The number of nitrogens with zero attached hydrogens (tertiary/aromatic N) is 2. The molecule has 30 heavy (non-hydrogen) atoms. The van der Waals surface area contributed by atoms with Gasteiger partial charge in [-0.25, -0.2) is 13.1 Å². The van der Waals surface area contributed by atoms with E-state index in [1.54, 1.807) is 12.1 Å². The minimum atomic E-state index is -3.61. The molecule has 6 nitrogen and oxygen atoms in total. The van der Waals surface area contributed by atoms with E-state index in [1.807, 2.05) is 37.5 Å². The van der Waals surface area contributed by atoms with Gasteiger partial charge in [-0.1, -0.05) is 18.2 Å². The third-order valence-electron chi connectivity index (χ3n) is 6.17. The lowest BCUT2D eigenvalue weighted by molar-refractivity contribution is 0.247. The molecule has 0 amide bonds. The lowest BCUT2D eigenvalue weighted by atomic mass is 10.0. The summed E-state index contributed by atoms with van der Waals surface area (Å²) < 4.78 is 31.2. The molecule has 1 aliphatic rings. The van der Waals surface area contributed by atoms with Crippen molar-refractivity contribution in [1.29, 1.82) is 0 Å². The molecule has 7 heteroatoms. The number of rotatable bonds is 6. The fraction of sp³-hybridized carbons (Fsp3) is 0.304. The van der Waals surface area contributed by atoms with Gasteiger partial charge in [0.1, 0.15) is 0 Å². The van der Waals surface area contributed by atoms with E-state index in [2.05, 4.69) is 37.5 Å². The molecular weight excluding hydrogens is 396 g/mol. The first-order valence-electron chi connectivity index (χ1n) is 10.4. The predicted molar refractivity (Wildman–Crippen MR) is 120 cm³/mol. The summed E-state index contributed by atoms with van der Waals surface area (Å²) in [7, 11) is -1.56. The Hall–Kier alpha value is -2.61. The summed E-state index contributed by atoms with van der Waals surface area (Å²) in [5, 5.41) is 2.08. The van der Waals surface area contributed by atoms with Crippen LogP contribution in [0.2, 0.25) is 0 Å². The maximum absolute atomic E-state index is 13.1. The van der Waals surface area contributed by atoms with Gasteiger partial charge in [0.25, 0.3) is 0 Å². The summed E-state index contributed by atoms with van der Waals surface area (Å²) in [6.07, 6.45) is 6.27. The monoisotopic (exact) mass is 422 g/mol. The topological polar surface area (TPSA) is 70.1 Å². The zero-order valence-corrected chi connectivity index (χ0v) is 17.8.